The molecule has 4 heterocycles. The van der Waals surface area contributed by atoms with Crippen molar-refractivity contribution in [2.45, 2.75) is 58.0 Å². The number of nitrogens with one attached hydrogen (secondary N) is 2. The van der Waals surface area contributed by atoms with Gasteiger partial charge in [-0.25, -0.2) is 14.4 Å². The Labute approximate surface area is 191 Å². The van der Waals surface area contributed by atoms with E-state index in [9.17, 15) is 14.8 Å². The van der Waals surface area contributed by atoms with Crippen LogP contribution in [0.4, 0.5) is 27.8 Å². The van der Waals surface area contributed by atoms with Crippen molar-refractivity contribution in [1.82, 2.24) is 24.7 Å². The number of piperidine rings is 1. The molecular formula is C22H28FN9O. The summed E-state index contributed by atoms with van der Waals surface area (Å²) in [5, 5.41) is 30.8. The summed E-state index contributed by atoms with van der Waals surface area (Å²) in [5.41, 5.74) is 0.0823. The van der Waals surface area contributed by atoms with Crippen LogP contribution in [-0.4, -0.2) is 60.7 Å². The largest absolute Gasteiger partial charge is 0.390 e. The monoisotopic (exact) mass is 453 g/mol. The van der Waals surface area contributed by atoms with Crippen LogP contribution in [0.15, 0.2) is 24.5 Å². The highest BCUT2D eigenvalue weighted by atomic mass is 19.1. The quantitative estimate of drug-likeness (QED) is 0.515. The number of rotatable bonds is 6. The fourth-order valence-electron chi connectivity index (χ4n) is 3.69. The smallest absolute Gasteiger partial charge is 0.227 e. The van der Waals surface area contributed by atoms with Gasteiger partial charge in [-0.15, -0.1) is 0 Å². The van der Waals surface area contributed by atoms with Gasteiger partial charge in [0.05, 0.1) is 29.6 Å². The standard InChI is InChI=1S/C22H28FN9O/c1-13(2)32-16-9-19(26-10-14(16)20(30-32)29-22(3,4)12-24)27-18-5-7-25-21(28-18)31-8-6-17(33)15(23)11-31/h5,7,9-10,13,15,17,33H,6,8,11H2,1-4H3,(H,29,30)(H,25,26,27,28)/t15-,17+/m0/s1. The number of halogens is 1. The molecule has 1 aliphatic rings. The lowest BCUT2D eigenvalue weighted by atomic mass is 10.1. The second-order valence-electron chi connectivity index (χ2n) is 9.02. The second kappa shape index (κ2) is 8.78. The van der Waals surface area contributed by atoms with Gasteiger partial charge in [-0.1, -0.05) is 0 Å². The van der Waals surface area contributed by atoms with E-state index in [4.69, 9.17) is 0 Å². The lowest BCUT2D eigenvalue weighted by molar-refractivity contribution is 0.0612. The maximum atomic E-state index is 13.9. The molecule has 0 spiro atoms. The van der Waals surface area contributed by atoms with Crippen molar-refractivity contribution in [3.8, 4) is 6.07 Å². The summed E-state index contributed by atoms with van der Waals surface area (Å²) in [5.74, 6) is 2.08. The van der Waals surface area contributed by atoms with Crippen molar-refractivity contribution in [2.24, 2.45) is 0 Å². The van der Waals surface area contributed by atoms with Gasteiger partial charge in [-0.05, 0) is 40.2 Å². The lowest BCUT2D eigenvalue weighted by Crippen LogP contribution is -2.45. The predicted octanol–water partition coefficient (Wildman–Crippen LogP) is 3.17. The first-order valence-electron chi connectivity index (χ1n) is 10.9. The third kappa shape index (κ3) is 4.80. The van der Waals surface area contributed by atoms with Gasteiger partial charge in [0.25, 0.3) is 0 Å². The van der Waals surface area contributed by atoms with Gasteiger partial charge >= 0.3 is 0 Å². The maximum Gasteiger partial charge on any atom is 0.227 e. The molecule has 10 nitrogen and oxygen atoms in total. The number of fused-ring (bicyclic) bond motifs is 1. The number of nitriles is 1. The highest BCUT2D eigenvalue weighted by molar-refractivity contribution is 5.91. The maximum absolute atomic E-state index is 13.9. The Kier molecular flexibility index (Phi) is 6.03. The van der Waals surface area contributed by atoms with Crippen molar-refractivity contribution < 1.29 is 9.50 Å². The number of pyridine rings is 1. The highest BCUT2D eigenvalue weighted by Gasteiger charge is 2.29. The van der Waals surface area contributed by atoms with Crippen molar-refractivity contribution in [2.75, 3.05) is 28.6 Å². The molecule has 11 heteroatoms. The van der Waals surface area contributed by atoms with E-state index in [1.54, 1.807) is 37.2 Å². The number of hydrogen-bond acceptors (Lipinski definition) is 9. The van der Waals surface area contributed by atoms with Gasteiger partial charge in [-0.2, -0.15) is 15.3 Å². The molecule has 0 aromatic carbocycles. The molecule has 3 N–H and O–H groups in total. The summed E-state index contributed by atoms with van der Waals surface area (Å²) < 4.78 is 15.8. The lowest BCUT2D eigenvalue weighted by Gasteiger charge is -2.32. The zero-order valence-electron chi connectivity index (χ0n) is 19.1. The van der Waals surface area contributed by atoms with E-state index in [1.807, 2.05) is 24.6 Å². The van der Waals surface area contributed by atoms with E-state index in [1.165, 1.54) is 0 Å². The SMILES string of the molecule is CC(C)n1nc(NC(C)(C)C#N)c2cnc(Nc3ccnc(N4CC[C@@H](O)[C@@H](F)C4)n3)cc21. The molecule has 1 saturated heterocycles. The number of aliphatic hydroxyl groups excluding tert-OH is 1. The molecule has 1 fully saturated rings. The van der Waals surface area contributed by atoms with Gasteiger partial charge in [0.1, 0.15) is 23.3 Å². The number of anilines is 4. The molecule has 1 aliphatic heterocycles. The molecule has 0 bridgehead atoms. The first-order valence-corrected chi connectivity index (χ1v) is 10.9. The Hall–Kier alpha value is -3.52. The summed E-state index contributed by atoms with van der Waals surface area (Å²) in [6, 6.07) is 5.91. The average Bonchev–Trinajstić information content (AvgIpc) is 3.13. The van der Waals surface area contributed by atoms with Crippen molar-refractivity contribution in [3.05, 3.63) is 24.5 Å². The zero-order chi connectivity index (χ0) is 23.8. The molecule has 33 heavy (non-hydrogen) atoms. The van der Waals surface area contributed by atoms with E-state index in [2.05, 4.69) is 36.8 Å². The third-order valence-corrected chi connectivity index (χ3v) is 5.48. The molecule has 0 unspecified atom stereocenters. The Morgan fingerprint density at radius 3 is 2.79 bits per heavy atom. The van der Waals surface area contributed by atoms with E-state index < -0.39 is 17.8 Å². The predicted molar refractivity (Wildman–Crippen MR) is 124 cm³/mol. The topological polar surface area (TPSA) is 128 Å². The summed E-state index contributed by atoms with van der Waals surface area (Å²) in [6.45, 7) is 8.18. The van der Waals surface area contributed by atoms with Crippen molar-refractivity contribution in [1.29, 1.82) is 5.26 Å². The zero-order valence-corrected chi connectivity index (χ0v) is 19.1. The molecule has 0 radical (unpaired) electrons. The number of hydrogen-bond donors (Lipinski definition) is 3. The Morgan fingerprint density at radius 1 is 1.30 bits per heavy atom. The molecule has 3 aromatic rings. The third-order valence-electron chi connectivity index (χ3n) is 5.48. The van der Waals surface area contributed by atoms with E-state index in [0.717, 1.165) is 10.9 Å². The summed E-state index contributed by atoms with van der Waals surface area (Å²) in [6.07, 6.45) is 1.38. The second-order valence-corrected chi connectivity index (χ2v) is 9.02. The molecule has 2 atom stereocenters. The van der Waals surface area contributed by atoms with Crippen LogP contribution in [-0.2, 0) is 0 Å². The Bertz CT molecular complexity index is 1190. The van der Waals surface area contributed by atoms with Crippen LogP contribution in [0.25, 0.3) is 10.9 Å². The van der Waals surface area contributed by atoms with Crippen molar-refractivity contribution >= 4 is 34.3 Å². The van der Waals surface area contributed by atoms with Crippen LogP contribution >= 0.6 is 0 Å². The van der Waals surface area contributed by atoms with Gasteiger partial charge in [0.15, 0.2) is 5.82 Å². The van der Waals surface area contributed by atoms with Crippen LogP contribution in [0, 0.1) is 11.3 Å². The van der Waals surface area contributed by atoms with Crippen LogP contribution < -0.4 is 15.5 Å². The highest BCUT2D eigenvalue weighted by Crippen LogP contribution is 2.29. The minimum Gasteiger partial charge on any atom is -0.390 e. The fraction of sp³-hybridized carbons (Fsp3) is 0.500. The number of alkyl halides is 1. The molecule has 0 aliphatic carbocycles. The van der Waals surface area contributed by atoms with Gasteiger partial charge in [-0.3, -0.25) is 4.68 Å². The van der Waals surface area contributed by atoms with Crippen molar-refractivity contribution in [3.63, 3.8) is 0 Å². The summed E-state index contributed by atoms with van der Waals surface area (Å²) >= 11 is 0. The van der Waals surface area contributed by atoms with Gasteiger partial charge in [0.2, 0.25) is 5.95 Å². The van der Waals surface area contributed by atoms with Gasteiger partial charge < -0.3 is 20.6 Å². The first-order chi connectivity index (χ1) is 15.7. The summed E-state index contributed by atoms with van der Waals surface area (Å²) in [7, 11) is 0. The molecule has 3 aromatic heterocycles. The van der Waals surface area contributed by atoms with E-state index in [-0.39, 0.29) is 12.6 Å². The fourth-order valence-corrected chi connectivity index (χ4v) is 3.69. The molecule has 174 valence electrons. The Balaban J connectivity index is 1.61. The molecule has 0 amide bonds. The first kappa shape index (κ1) is 22.7. The minimum atomic E-state index is -1.33. The molecule has 0 saturated carbocycles. The average molecular weight is 454 g/mol. The normalized spacial score (nSPS) is 19.0. The van der Waals surface area contributed by atoms with Crippen LogP contribution in [0.1, 0.15) is 40.2 Å². The van der Waals surface area contributed by atoms with E-state index in [0.29, 0.717) is 36.4 Å². The number of aromatic nitrogens is 5. The molecular weight excluding hydrogens is 425 g/mol. The minimum absolute atomic E-state index is 0.0528. The van der Waals surface area contributed by atoms with Gasteiger partial charge in [0, 0.05) is 31.0 Å². The van der Waals surface area contributed by atoms with E-state index >= 15 is 0 Å². The summed E-state index contributed by atoms with van der Waals surface area (Å²) in [4.78, 5) is 15.0. The number of nitrogens with zero attached hydrogens (tertiary/aromatic N) is 7. The number of aliphatic hydroxyl groups is 1. The molecule has 4 rings (SSSR count). The van der Waals surface area contributed by atoms with Crippen LogP contribution in [0.3, 0.4) is 0 Å². The van der Waals surface area contributed by atoms with Crippen LogP contribution in [0.2, 0.25) is 0 Å². The van der Waals surface area contributed by atoms with Crippen LogP contribution in [0.5, 0.6) is 0 Å². The Morgan fingerprint density at radius 2 is 2.09 bits per heavy atom.